The van der Waals surface area contributed by atoms with Crippen LogP contribution in [0.25, 0.3) is 0 Å². The largest absolute Gasteiger partial charge is 0.497 e. The summed E-state index contributed by atoms with van der Waals surface area (Å²) in [5.41, 5.74) is 1.21. The molecule has 0 saturated heterocycles. The first-order valence-corrected chi connectivity index (χ1v) is 9.16. The van der Waals surface area contributed by atoms with Crippen molar-refractivity contribution in [2.24, 2.45) is 0 Å². The van der Waals surface area contributed by atoms with Crippen LogP contribution in [0.3, 0.4) is 0 Å². The third-order valence-corrected chi connectivity index (χ3v) is 4.63. The van der Waals surface area contributed by atoms with E-state index in [1.807, 2.05) is 0 Å². The Balaban J connectivity index is 1.68. The quantitative estimate of drug-likeness (QED) is 0.561. The van der Waals surface area contributed by atoms with Crippen LogP contribution in [0.4, 0.5) is 5.69 Å². The number of nitrogens with zero attached hydrogens (tertiary/aromatic N) is 2. The van der Waals surface area contributed by atoms with E-state index in [-0.39, 0.29) is 35.7 Å². The first kappa shape index (κ1) is 20.8. The normalized spacial score (nSPS) is 12.4. The summed E-state index contributed by atoms with van der Waals surface area (Å²) in [6.45, 7) is 3.46. The fourth-order valence-corrected chi connectivity index (χ4v) is 3.10. The molecule has 1 aliphatic heterocycles. The van der Waals surface area contributed by atoms with Crippen LogP contribution < -0.4 is 10.1 Å². The van der Waals surface area contributed by atoms with E-state index < -0.39 is 17.7 Å². The van der Waals surface area contributed by atoms with Gasteiger partial charge in [0, 0.05) is 24.8 Å². The van der Waals surface area contributed by atoms with Gasteiger partial charge in [-0.05, 0) is 42.5 Å². The number of carbonyl (C=O) groups is 4. The van der Waals surface area contributed by atoms with Crippen LogP contribution in [0, 0.1) is 0 Å². The molecular formula is C22H21N3O5. The van der Waals surface area contributed by atoms with Crippen molar-refractivity contribution in [2.45, 2.75) is 0 Å². The number of rotatable bonds is 7. The van der Waals surface area contributed by atoms with Crippen molar-refractivity contribution >= 4 is 29.3 Å². The number of methoxy groups -OCH3 is 1. The number of likely N-dealkylation sites (N-methyl/N-ethyl adjacent to an activating group) is 1. The third kappa shape index (κ3) is 4.07. The zero-order valence-electron chi connectivity index (χ0n) is 16.7. The molecule has 0 aliphatic carbocycles. The second kappa shape index (κ2) is 8.60. The maximum absolute atomic E-state index is 12.7. The molecule has 0 unspecified atom stereocenters. The number of nitrogens with one attached hydrogen (secondary N) is 1. The fourth-order valence-electron chi connectivity index (χ4n) is 3.10. The molecule has 8 heteroatoms. The SMILES string of the molecule is C=CCN1C(=O)c2ccc(C(=O)N(C)CC(=O)Nc3ccc(OC)cc3)cc2C1=O. The van der Waals surface area contributed by atoms with Gasteiger partial charge in [-0.1, -0.05) is 6.08 Å². The number of fused-ring (bicyclic) bond motifs is 1. The van der Waals surface area contributed by atoms with E-state index in [2.05, 4.69) is 11.9 Å². The first-order valence-electron chi connectivity index (χ1n) is 9.16. The highest BCUT2D eigenvalue weighted by atomic mass is 16.5. The summed E-state index contributed by atoms with van der Waals surface area (Å²) >= 11 is 0. The number of carbonyl (C=O) groups excluding carboxylic acids is 4. The van der Waals surface area contributed by atoms with Crippen molar-refractivity contribution < 1.29 is 23.9 Å². The Kier molecular flexibility index (Phi) is 5.96. The Morgan fingerprint density at radius 2 is 1.77 bits per heavy atom. The molecule has 0 atom stereocenters. The van der Waals surface area contributed by atoms with Crippen LogP contribution in [-0.2, 0) is 4.79 Å². The van der Waals surface area contributed by atoms with E-state index in [9.17, 15) is 19.2 Å². The molecule has 3 rings (SSSR count). The van der Waals surface area contributed by atoms with E-state index in [1.165, 1.54) is 36.2 Å². The molecule has 0 radical (unpaired) electrons. The molecule has 1 heterocycles. The van der Waals surface area contributed by atoms with Crippen molar-refractivity contribution in [2.75, 3.05) is 32.6 Å². The van der Waals surface area contributed by atoms with E-state index >= 15 is 0 Å². The molecule has 0 fully saturated rings. The van der Waals surface area contributed by atoms with Gasteiger partial charge in [-0.25, -0.2) is 0 Å². The smallest absolute Gasteiger partial charge is 0.261 e. The highest BCUT2D eigenvalue weighted by molar-refractivity contribution is 6.22. The van der Waals surface area contributed by atoms with Crippen molar-refractivity contribution in [3.8, 4) is 5.75 Å². The minimum Gasteiger partial charge on any atom is -0.497 e. The van der Waals surface area contributed by atoms with Gasteiger partial charge in [0.2, 0.25) is 5.91 Å². The van der Waals surface area contributed by atoms with Gasteiger partial charge < -0.3 is 15.0 Å². The standard InChI is InChI=1S/C22H21N3O5/c1-4-11-25-21(28)17-10-5-14(12-18(17)22(25)29)20(27)24(2)13-19(26)23-15-6-8-16(30-3)9-7-15/h4-10,12H,1,11,13H2,2-3H3,(H,23,26). The fraction of sp³-hybridized carbons (Fsp3) is 0.182. The molecular weight excluding hydrogens is 386 g/mol. The van der Waals surface area contributed by atoms with Crippen LogP contribution in [0.1, 0.15) is 31.1 Å². The predicted molar refractivity (Wildman–Crippen MR) is 111 cm³/mol. The summed E-state index contributed by atoms with van der Waals surface area (Å²) in [6.07, 6.45) is 1.46. The van der Waals surface area contributed by atoms with Gasteiger partial charge in [-0.3, -0.25) is 24.1 Å². The molecule has 0 aromatic heterocycles. The molecule has 154 valence electrons. The number of imide groups is 1. The highest BCUT2D eigenvalue weighted by Crippen LogP contribution is 2.24. The van der Waals surface area contributed by atoms with Crippen LogP contribution in [0.5, 0.6) is 5.75 Å². The lowest BCUT2D eigenvalue weighted by molar-refractivity contribution is -0.116. The summed E-state index contributed by atoms with van der Waals surface area (Å²) < 4.78 is 5.07. The van der Waals surface area contributed by atoms with Crippen molar-refractivity contribution in [1.82, 2.24) is 9.80 Å². The number of ether oxygens (including phenoxy) is 1. The second-order valence-corrected chi connectivity index (χ2v) is 6.71. The van der Waals surface area contributed by atoms with E-state index in [1.54, 1.807) is 31.4 Å². The zero-order chi connectivity index (χ0) is 21.8. The van der Waals surface area contributed by atoms with Gasteiger partial charge in [0.15, 0.2) is 0 Å². The summed E-state index contributed by atoms with van der Waals surface area (Å²) in [5.74, 6) is -1.03. The number of hydrogen-bond donors (Lipinski definition) is 1. The number of hydrogen-bond acceptors (Lipinski definition) is 5. The zero-order valence-corrected chi connectivity index (χ0v) is 16.7. The minimum atomic E-state index is -0.468. The van der Waals surface area contributed by atoms with Crippen LogP contribution in [0.15, 0.2) is 55.1 Å². The van der Waals surface area contributed by atoms with E-state index in [0.717, 1.165) is 4.90 Å². The lowest BCUT2D eigenvalue weighted by atomic mass is 10.0. The van der Waals surface area contributed by atoms with Crippen molar-refractivity contribution in [3.05, 3.63) is 71.8 Å². The predicted octanol–water partition coefficient (Wildman–Crippen LogP) is 2.19. The minimum absolute atomic E-state index is 0.0983. The first-order chi connectivity index (χ1) is 14.3. The Hall–Kier alpha value is -3.94. The van der Waals surface area contributed by atoms with Crippen molar-refractivity contribution in [1.29, 1.82) is 0 Å². The number of benzene rings is 2. The Morgan fingerprint density at radius 1 is 1.10 bits per heavy atom. The monoisotopic (exact) mass is 407 g/mol. The lowest BCUT2D eigenvalue weighted by Gasteiger charge is -2.17. The summed E-state index contributed by atoms with van der Waals surface area (Å²) in [4.78, 5) is 52.0. The van der Waals surface area contributed by atoms with Gasteiger partial charge in [0.25, 0.3) is 17.7 Å². The Morgan fingerprint density at radius 3 is 2.40 bits per heavy atom. The molecule has 4 amide bonds. The molecule has 0 spiro atoms. The van der Waals surface area contributed by atoms with Crippen LogP contribution in [0.2, 0.25) is 0 Å². The van der Waals surface area contributed by atoms with Crippen molar-refractivity contribution in [3.63, 3.8) is 0 Å². The topological polar surface area (TPSA) is 96.0 Å². The Labute approximate surface area is 173 Å². The number of amides is 4. The third-order valence-electron chi connectivity index (χ3n) is 4.63. The summed E-state index contributed by atoms with van der Waals surface area (Å²) in [5, 5.41) is 2.70. The molecule has 2 aromatic carbocycles. The molecule has 0 saturated carbocycles. The molecule has 1 N–H and O–H groups in total. The van der Waals surface area contributed by atoms with Crippen LogP contribution >= 0.6 is 0 Å². The molecule has 8 nitrogen and oxygen atoms in total. The average molecular weight is 407 g/mol. The van der Waals surface area contributed by atoms with Gasteiger partial charge in [0.05, 0.1) is 24.8 Å². The summed E-state index contributed by atoms with van der Waals surface area (Å²) in [7, 11) is 3.04. The van der Waals surface area contributed by atoms with Gasteiger partial charge >= 0.3 is 0 Å². The molecule has 0 bridgehead atoms. The molecule has 30 heavy (non-hydrogen) atoms. The second-order valence-electron chi connectivity index (χ2n) is 6.71. The van der Waals surface area contributed by atoms with E-state index in [0.29, 0.717) is 11.4 Å². The van der Waals surface area contributed by atoms with Gasteiger partial charge in [-0.15, -0.1) is 6.58 Å². The highest BCUT2D eigenvalue weighted by Gasteiger charge is 2.35. The van der Waals surface area contributed by atoms with Gasteiger partial charge in [-0.2, -0.15) is 0 Å². The Bertz CT molecular complexity index is 1030. The van der Waals surface area contributed by atoms with Gasteiger partial charge in [0.1, 0.15) is 5.75 Å². The molecule has 2 aromatic rings. The van der Waals surface area contributed by atoms with E-state index in [4.69, 9.17) is 4.74 Å². The van der Waals surface area contributed by atoms with Crippen LogP contribution in [-0.4, -0.2) is 60.7 Å². The lowest BCUT2D eigenvalue weighted by Crippen LogP contribution is -2.35. The number of anilines is 1. The average Bonchev–Trinajstić information content (AvgIpc) is 2.98. The maximum Gasteiger partial charge on any atom is 0.261 e. The summed E-state index contributed by atoms with van der Waals surface area (Å²) in [6, 6.07) is 11.1. The maximum atomic E-state index is 12.7. The molecule has 1 aliphatic rings.